The van der Waals surface area contributed by atoms with E-state index in [0.29, 0.717) is 42.5 Å². The van der Waals surface area contributed by atoms with E-state index in [0.717, 1.165) is 22.4 Å². The van der Waals surface area contributed by atoms with Crippen molar-refractivity contribution < 1.29 is 14.2 Å². The molecule has 0 fully saturated rings. The van der Waals surface area contributed by atoms with Gasteiger partial charge < -0.3 is 24.5 Å². The lowest BCUT2D eigenvalue weighted by Gasteiger charge is -2.11. The Hall–Kier alpha value is -3.46. The van der Waals surface area contributed by atoms with Crippen LogP contribution < -0.4 is 19.9 Å². The van der Waals surface area contributed by atoms with Crippen molar-refractivity contribution in [2.75, 3.05) is 24.7 Å². The van der Waals surface area contributed by atoms with E-state index < -0.39 is 0 Å². The minimum absolute atomic E-state index is 0.143. The van der Waals surface area contributed by atoms with Gasteiger partial charge in [-0.1, -0.05) is 30.0 Å². The molecule has 0 atom stereocenters. The smallest absolute Gasteiger partial charge is 0.170 e. The summed E-state index contributed by atoms with van der Waals surface area (Å²) in [6.45, 7) is 5.60. The van der Waals surface area contributed by atoms with Crippen LogP contribution in [0.15, 0.2) is 66.1 Å². The maximum Gasteiger partial charge on any atom is 0.170 e. The van der Waals surface area contributed by atoms with Gasteiger partial charge in [-0.3, -0.25) is 0 Å². The third kappa shape index (κ3) is 6.07. The predicted octanol–water partition coefficient (Wildman–Crippen LogP) is 4.45. The van der Waals surface area contributed by atoms with Crippen molar-refractivity contribution in [1.82, 2.24) is 19.5 Å². The number of hydrogen-bond acceptors (Lipinski definition) is 8. The molecule has 2 aromatic carbocycles. The largest absolute Gasteiger partial charge is 0.493 e. The van der Waals surface area contributed by atoms with Crippen LogP contribution in [0.5, 0.6) is 17.2 Å². The first-order valence-corrected chi connectivity index (χ1v) is 11.8. The normalized spacial score (nSPS) is 11.1. The molecule has 0 aliphatic carbocycles. The second kappa shape index (κ2) is 10.9. The number of benzene rings is 2. The number of para-hydroxylation sites is 1. The molecule has 0 unspecified atom stereocenters. The quantitative estimate of drug-likeness (QED) is 0.256. The van der Waals surface area contributed by atoms with Gasteiger partial charge in [-0.15, -0.1) is 0 Å². The fourth-order valence-electron chi connectivity index (χ4n) is 3.20. The molecule has 0 saturated carbocycles. The van der Waals surface area contributed by atoms with Gasteiger partial charge in [-0.25, -0.2) is 15.0 Å². The van der Waals surface area contributed by atoms with E-state index in [-0.39, 0.29) is 6.10 Å². The predicted molar refractivity (Wildman–Crippen MR) is 130 cm³/mol. The van der Waals surface area contributed by atoms with Crippen LogP contribution in [-0.2, 0) is 6.54 Å². The number of nitrogen functional groups attached to an aromatic ring is 1. The fraction of sp³-hybridized carbons (Fsp3) is 0.292. The molecule has 33 heavy (non-hydrogen) atoms. The van der Waals surface area contributed by atoms with E-state index in [2.05, 4.69) is 15.0 Å². The second-order valence-electron chi connectivity index (χ2n) is 7.47. The third-order valence-electron chi connectivity index (χ3n) is 4.63. The number of nitrogens with zero attached hydrogens (tertiary/aromatic N) is 4. The zero-order valence-electron chi connectivity index (χ0n) is 18.7. The summed E-state index contributed by atoms with van der Waals surface area (Å²) in [4.78, 5) is 13.1. The molecule has 2 heterocycles. The molecule has 0 aliphatic rings. The highest BCUT2D eigenvalue weighted by Crippen LogP contribution is 2.26. The van der Waals surface area contributed by atoms with Crippen LogP contribution in [0.3, 0.4) is 0 Å². The summed E-state index contributed by atoms with van der Waals surface area (Å²) in [5, 5.41) is 0.804. The summed E-state index contributed by atoms with van der Waals surface area (Å²) in [5.41, 5.74) is 7.32. The van der Waals surface area contributed by atoms with Crippen LogP contribution in [0.4, 0.5) is 5.82 Å². The highest BCUT2D eigenvalue weighted by atomic mass is 32.2. The minimum Gasteiger partial charge on any atom is -0.493 e. The van der Waals surface area contributed by atoms with Crippen LogP contribution in [0.25, 0.3) is 11.2 Å². The molecule has 0 saturated heterocycles. The molecule has 0 amide bonds. The summed E-state index contributed by atoms with van der Waals surface area (Å²) in [7, 11) is 0. The van der Waals surface area contributed by atoms with Gasteiger partial charge in [0.25, 0.3) is 0 Å². The van der Waals surface area contributed by atoms with Crippen LogP contribution in [-0.4, -0.2) is 44.6 Å². The molecule has 2 N–H and O–H groups in total. The van der Waals surface area contributed by atoms with Crippen LogP contribution in [0, 0.1) is 0 Å². The summed E-state index contributed by atoms with van der Waals surface area (Å²) in [6.07, 6.45) is 1.60. The number of ether oxygens (including phenoxy) is 3. The summed E-state index contributed by atoms with van der Waals surface area (Å²) >= 11 is 1.58. The molecule has 0 radical (unpaired) electrons. The maximum absolute atomic E-state index is 6.03. The standard InChI is InChI=1S/C24H27N5O3S/c1-17(2)32-20-10-8-19(9-11-20)31-14-15-33-24-28-21-22(25)26-16-27-23(21)29(24)12-13-30-18-6-4-3-5-7-18/h3-11,16-17H,12-15H2,1-2H3,(H2,25,26,27). The van der Waals surface area contributed by atoms with Crippen LogP contribution in [0.1, 0.15) is 13.8 Å². The number of thioether (sulfide) groups is 1. The number of aromatic nitrogens is 4. The summed E-state index contributed by atoms with van der Waals surface area (Å²) < 4.78 is 19.4. The molecule has 9 heteroatoms. The van der Waals surface area contributed by atoms with Gasteiger partial charge in [0.05, 0.1) is 19.3 Å². The van der Waals surface area contributed by atoms with Gasteiger partial charge in [0.1, 0.15) is 30.2 Å². The number of hydrogen-bond donors (Lipinski definition) is 1. The topological polar surface area (TPSA) is 97.3 Å². The number of fused-ring (bicyclic) bond motifs is 1. The Labute approximate surface area is 197 Å². The first-order chi connectivity index (χ1) is 16.1. The lowest BCUT2D eigenvalue weighted by Crippen LogP contribution is -2.10. The van der Waals surface area contributed by atoms with E-state index in [1.807, 2.05) is 73.0 Å². The van der Waals surface area contributed by atoms with E-state index in [4.69, 9.17) is 19.9 Å². The van der Waals surface area contributed by atoms with E-state index >= 15 is 0 Å². The van der Waals surface area contributed by atoms with Crippen molar-refractivity contribution in [1.29, 1.82) is 0 Å². The first kappa shape index (κ1) is 22.7. The molecule has 2 aromatic heterocycles. The van der Waals surface area contributed by atoms with Crippen LogP contribution in [0.2, 0.25) is 0 Å². The van der Waals surface area contributed by atoms with Crippen molar-refractivity contribution in [3.63, 3.8) is 0 Å². The molecule has 0 aliphatic heterocycles. The lowest BCUT2D eigenvalue weighted by atomic mass is 10.3. The Bertz CT molecular complexity index is 1170. The molecule has 172 valence electrons. The van der Waals surface area contributed by atoms with Gasteiger partial charge in [0.15, 0.2) is 22.1 Å². The summed E-state index contributed by atoms with van der Waals surface area (Å²) in [5.74, 6) is 3.52. The van der Waals surface area contributed by atoms with Gasteiger partial charge >= 0.3 is 0 Å². The molecule has 8 nitrogen and oxygen atoms in total. The number of nitrogens with two attached hydrogens (primary N) is 1. The van der Waals surface area contributed by atoms with Crippen molar-refractivity contribution in [3.05, 3.63) is 60.9 Å². The zero-order chi connectivity index (χ0) is 23.0. The summed E-state index contributed by atoms with van der Waals surface area (Å²) in [6, 6.07) is 17.4. The highest BCUT2D eigenvalue weighted by Gasteiger charge is 2.15. The maximum atomic E-state index is 6.03. The van der Waals surface area contributed by atoms with Gasteiger partial charge in [-0.2, -0.15) is 0 Å². The van der Waals surface area contributed by atoms with Crippen LogP contribution >= 0.6 is 11.8 Å². The average molecular weight is 466 g/mol. The molecular weight excluding hydrogens is 438 g/mol. The molecule has 0 bridgehead atoms. The van der Waals surface area contributed by atoms with Gasteiger partial charge in [0.2, 0.25) is 0 Å². The van der Waals surface area contributed by atoms with E-state index in [1.165, 1.54) is 6.33 Å². The monoisotopic (exact) mass is 465 g/mol. The van der Waals surface area contributed by atoms with Gasteiger partial charge in [0, 0.05) is 5.75 Å². The van der Waals surface area contributed by atoms with E-state index in [1.54, 1.807) is 11.8 Å². The fourth-order valence-corrected chi connectivity index (χ4v) is 4.03. The van der Waals surface area contributed by atoms with Crippen molar-refractivity contribution in [2.24, 2.45) is 0 Å². The highest BCUT2D eigenvalue weighted by molar-refractivity contribution is 7.99. The lowest BCUT2D eigenvalue weighted by molar-refractivity contribution is 0.242. The Kier molecular flexibility index (Phi) is 7.51. The van der Waals surface area contributed by atoms with Crippen molar-refractivity contribution in [2.45, 2.75) is 31.7 Å². The second-order valence-corrected chi connectivity index (χ2v) is 8.54. The average Bonchev–Trinajstić information content (AvgIpc) is 3.17. The van der Waals surface area contributed by atoms with Crippen molar-refractivity contribution >= 4 is 28.7 Å². The number of anilines is 1. The Morgan fingerprint density at radius 3 is 2.36 bits per heavy atom. The molecular formula is C24H27N5O3S. The molecule has 4 aromatic rings. The number of rotatable bonds is 11. The van der Waals surface area contributed by atoms with E-state index in [9.17, 15) is 0 Å². The third-order valence-corrected chi connectivity index (χ3v) is 5.57. The number of imidazole rings is 1. The first-order valence-electron chi connectivity index (χ1n) is 10.8. The molecule has 0 spiro atoms. The SMILES string of the molecule is CC(C)Oc1ccc(OCCSc2nc3c(N)ncnc3n2CCOc2ccccc2)cc1. The van der Waals surface area contributed by atoms with Gasteiger partial charge in [-0.05, 0) is 50.2 Å². The Morgan fingerprint density at radius 2 is 1.61 bits per heavy atom. The minimum atomic E-state index is 0.143. The van der Waals surface area contributed by atoms with Crippen molar-refractivity contribution in [3.8, 4) is 17.2 Å². The molecule has 4 rings (SSSR count). The Balaban J connectivity index is 1.37. The Morgan fingerprint density at radius 1 is 0.909 bits per heavy atom. The zero-order valence-corrected chi connectivity index (χ0v) is 19.5.